The van der Waals surface area contributed by atoms with Gasteiger partial charge in [-0.1, -0.05) is 26.0 Å². The van der Waals surface area contributed by atoms with Crippen LogP contribution in [0.25, 0.3) is 11.1 Å². The molecule has 2 aromatic carbocycles. The molecule has 2 rings (SSSR count). The summed E-state index contributed by atoms with van der Waals surface area (Å²) in [5.41, 5.74) is 7.15. The number of benzene rings is 2. The first-order valence-electron chi connectivity index (χ1n) is 6.40. The first-order valence-corrected chi connectivity index (χ1v) is 6.40. The third-order valence-electron chi connectivity index (χ3n) is 2.71. The average Bonchev–Trinajstić information content (AvgIpc) is 2.42. The zero-order valence-electron chi connectivity index (χ0n) is 11.8. The first kappa shape index (κ1) is 15.8. The third kappa shape index (κ3) is 3.20. The van der Waals surface area contributed by atoms with E-state index in [0.29, 0.717) is 16.8 Å². The van der Waals surface area contributed by atoms with E-state index in [-0.39, 0.29) is 11.3 Å². The van der Waals surface area contributed by atoms with E-state index in [9.17, 15) is 8.78 Å². The fourth-order valence-corrected chi connectivity index (χ4v) is 1.81. The Labute approximate surface area is 117 Å². The fourth-order valence-electron chi connectivity index (χ4n) is 1.81. The Morgan fingerprint density at radius 1 is 1.05 bits per heavy atom. The minimum Gasteiger partial charge on any atom is -0.398 e. The predicted molar refractivity (Wildman–Crippen MR) is 80.1 cm³/mol. The van der Waals surface area contributed by atoms with Gasteiger partial charge in [-0.05, 0) is 36.8 Å². The number of halogens is 2. The minimum absolute atomic E-state index is 0.0972. The van der Waals surface area contributed by atoms with Crippen LogP contribution in [-0.4, -0.2) is 5.71 Å². The van der Waals surface area contributed by atoms with Gasteiger partial charge in [0.2, 0.25) is 0 Å². The molecule has 106 valence electrons. The maximum absolute atomic E-state index is 13.6. The minimum atomic E-state index is -0.631. The summed E-state index contributed by atoms with van der Waals surface area (Å²) in [5, 5.41) is 7.58. The van der Waals surface area contributed by atoms with E-state index in [2.05, 4.69) is 0 Å². The summed E-state index contributed by atoms with van der Waals surface area (Å²) in [5.74, 6) is -1.26. The van der Waals surface area contributed by atoms with Gasteiger partial charge in [0, 0.05) is 17.0 Å². The molecule has 3 N–H and O–H groups in total. The van der Waals surface area contributed by atoms with Crippen LogP contribution in [-0.2, 0) is 0 Å². The van der Waals surface area contributed by atoms with Crippen LogP contribution < -0.4 is 5.73 Å². The molecule has 0 atom stereocenters. The lowest BCUT2D eigenvalue weighted by Gasteiger charge is -2.09. The van der Waals surface area contributed by atoms with Crippen LogP contribution in [0.2, 0.25) is 0 Å². The number of hydrogen-bond acceptors (Lipinski definition) is 2. The molecule has 4 heteroatoms. The second-order valence-electron chi connectivity index (χ2n) is 4.02. The predicted octanol–water partition coefficient (Wildman–Crippen LogP) is 4.63. The maximum Gasteiger partial charge on any atom is 0.133 e. The summed E-state index contributed by atoms with van der Waals surface area (Å²) < 4.78 is 27.3. The lowest BCUT2D eigenvalue weighted by Crippen LogP contribution is -2.00. The number of nitrogen functional groups attached to an aromatic ring is 1. The number of hydrogen-bond donors (Lipinski definition) is 2. The normalized spacial score (nSPS) is 9.65. The van der Waals surface area contributed by atoms with Crippen molar-refractivity contribution in [3.63, 3.8) is 0 Å². The average molecular weight is 276 g/mol. The van der Waals surface area contributed by atoms with Gasteiger partial charge in [-0.3, -0.25) is 0 Å². The van der Waals surface area contributed by atoms with Crippen molar-refractivity contribution in [3.05, 3.63) is 53.6 Å². The molecule has 0 aliphatic heterocycles. The molecule has 0 saturated carbocycles. The summed E-state index contributed by atoms with van der Waals surface area (Å²) >= 11 is 0. The Morgan fingerprint density at radius 3 is 2.10 bits per heavy atom. The molecule has 2 aromatic rings. The largest absolute Gasteiger partial charge is 0.398 e. The highest BCUT2D eigenvalue weighted by Gasteiger charge is 2.12. The van der Waals surface area contributed by atoms with Crippen LogP contribution in [0.1, 0.15) is 26.3 Å². The summed E-state index contributed by atoms with van der Waals surface area (Å²) in [7, 11) is 0. The van der Waals surface area contributed by atoms with E-state index < -0.39 is 11.6 Å². The molecule has 0 heterocycles. The summed E-state index contributed by atoms with van der Waals surface area (Å²) in [4.78, 5) is 0. The highest BCUT2D eigenvalue weighted by atomic mass is 19.1. The number of rotatable bonds is 2. The van der Waals surface area contributed by atoms with Gasteiger partial charge in [0.1, 0.15) is 11.6 Å². The molecular formula is C16H18F2N2. The molecule has 0 spiro atoms. The molecule has 0 radical (unpaired) electrons. The second kappa shape index (κ2) is 6.80. The molecule has 0 unspecified atom stereocenters. The second-order valence-corrected chi connectivity index (χ2v) is 4.02. The van der Waals surface area contributed by atoms with Crippen LogP contribution >= 0.6 is 0 Å². The topological polar surface area (TPSA) is 49.9 Å². The van der Waals surface area contributed by atoms with Crippen molar-refractivity contribution in [3.8, 4) is 11.1 Å². The molecular weight excluding hydrogens is 258 g/mol. The van der Waals surface area contributed by atoms with Gasteiger partial charge in [-0.25, -0.2) is 8.78 Å². The van der Waals surface area contributed by atoms with Crippen molar-refractivity contribution in [1.82, 2.24) is 0 Å². The maximum atomic E-state index is 13.6. The third-order valence-corrected chi connectivity index (χ3v) is 2.71. The van der Waals surface area contributed by atoms with Crippen molar-refractivity contribution < 1.29 is 8.78 Å². The Hall–Kier alpha value is -2.23. The molecule has 20 heavy (non-hydrogen) atoms. The highest BCUT2D eigenvalue weighted by molar-refractivity contribution is 6.02. The summed E-state index contributed by atoms with van der Waals surface area (Å²) in [6.45, 7) is 5.58. The lowest BCUT2D eigenvalue weighted by molar-refractivity contribution is 0.589. The van der Waals surface area contributed by atoms with E-state index >= 15 is 0 Å². The SMILES string of the molecule is CC.CC(=N)c1cc(-c2c(F)cccc2F)ccc1N. The molecule has 0 aliphatic rings. The van der Waals surface area contributed by atoms with Gasteiger partial charge in [-0.15, -0.1) is 0 Å². The van der Waals surface area contributed by atoms with Crippen LogP contribution in [0.4, 0.5) is 14.5 Å². The van der Waals surface area contributed by atoms with Crippen LogP contribution in [0.5, 0.6) is 0 Å². The Bertz CT molecular complexity index is 602. The van der Waals surface area contributed by atoms with Gasteiger partial charge in [-0.2, -0.15) is 0 Å². The van der Waals surface area contributed by atoms with E-state index in [1.165, 1.54) is 24.3 Å². The molecule has 0 aliphatic carbocycles. The highest BCUT2D eigenvalue weighted by Crippen LogP contribution is 2.28. The number of nitrogens with one attached hydrogen (secondary N) is 1. The van der Waals surface area contributed by atoms with Gasteiger partial charge in [0.15, 0.2) is 0 Å². The van der Waals surface area contributed by atoms with Gasteiger partial charge < -0.3 is 11.1 Å². The molecule has 0 aromatic heterocycles. The van der Waals surface area contributed by atoms with E-state index in [1.54, 1.807) is 19.1 Å². The van der Waals surface area contributed by atoms with Gasteiger partial charge in [0.05, 0.1) is 5.56 Å². The van der Waals surface area contributed by atoms with Crippen molar-refractivity contribution in [2.45, 2.75) is 20.8 Å². The number of nitrogens with two attached hydrogens (primary N) is 1. The molecule has 0 saturated heterocycles. The van der Waals surface area contributed by atoms with Crippen molar-refractivity contribution in [2.24, 2.45) is 0 Å². The smallest absolute Gasteiger partial charge is 0.133 e. The van der Waals surface area contributed by atoms with E-state index in [1.807, 2.05) is 13.8 Å². The van der Waals surface area contributed by atoms with Gasteiger partial charge in [0.25, 0.3) is 0 Å². The van der Waals surface area contributed by atoms with Crippen molar-refractivity contribution >= 4 is 11.4 Å². The standard InChI is InChI=1S/C14H12F2N2.C2H6/c1-8(17)10-7-9(5-6-13(10)18)14-11(15)3-2-4-12(14)16;1-2/h2-7,17H,18H2,1H3;1-2H3. The van der Waals surface area contributed by atoms with Gasteiger partial charge >= 0.3 is 0 Å². The van der Waals surface area contributed by atoms with E-state index in [0.717, 1.165) is 0 Å². The molecule has 0 fully saturated rings. The Morgan fingerprint density at radius 2 is 1.60 bits per heavy atom. The quantitative estimate of drug-likeness (QED) is 0.610. The molecule has 2 nitrogen and oxygen atoms in total. The van der Waals surface area contributed by atoms with Crippen molar-refractivity contribution in [2.75, 3.05) is 5.73 Å². The monoisotopic (exact) mass is 276 g/mol. The molecule has 0 bridgehead atoms. The van der Waals surface area contributed by atoms with Crippen molar-refractivity contribution in [1.29, 1.82) is 5.41 Å². The Kier molecular flexibility index (Phi) is 5.38. The van der Waals surface area contributed by atoms with E-state index in [4.69, 9.17) is 11.1 Å². The lowest BCUT2D eigenvalue weighted by atomic mass is 9.99. The zero-order valence-corrected chi connectivity index (χ0v) is 11.8. The zero-order chi connectivity index (χ0) is 15.3. The van der Waals surface area contributed by atoms with Crippen LogP contribution in [0, 0.1) is 17.0 Å². The van der Waals surface area contributed by atoms with Crippen LogP contribution in [0.15, 0.2) is 36.4 Å². The summed E-state index contributed by atoms with van der Waals surface area (Å²) in [6.07, 6.45) is 0. The first-order chi connectivity index (χ1) is 9.50. The molecule has 0 amide bonds. The Balaban J connectivity index is 0.000000956. The fraction of sp³-hybridized carbons (Fsp3) is 0.188. The van der Waals surface area contributed by atoms with Crippen LogP contribution in [0.3, 0.4) is 0 Å². The number of anilines is 1. The summed E-state index contributed by atoms with van der Waals surface area (Å²) in [6, 6.07) is 8.34.